The Balaban J connectivity index is 1.30. The summed E-state index contributed by atoms with van der Waals surface area (Å²) in [4.78, 5) is 9.75. The molecular formula is C27H22N4O4S. The van der Waals surface area contributed by atoms with Gasteiger partial charge >= 0.3 is 0 Å². The molecule has 0 spiro atoms. The van der Waals surface area contributed by atoms with Gasteiger partial charge in [0.2, 0.25) is 4.96 Å². The zero-order valence-corrected chi connectivity index (χ0v) is 20.7. The highest BCUT2D eigenvalue weighted by atomic mass is 32.1. The Hall–Kier alpha value is -4.37. The van der Waals surface area contributed by atoms with Gasteiger partial charge in [0.25, 0.3) is 5.19 Å². The van der Waals surface area contributed by atoms with Gasteiger partial charge in [-0.05, 0) is 47.6 Å². The molecule has 0 radical (unpaired) electrons. The molecule has 0 unspecified atom stereocenters. The van der Waals surface area contributed by atoms with Gasteiger partial charge in [-0.1, -0.05) is 24.3 Å². The monoisotopic (exact) mass is 498 g/mol. The standard InChI is InChI=1S/C27H22N4O4S/c1-16-7-8-19(13-28-16)18-6-4-5-17(9-18)15-34-23-10-20(32-2)11-24-21(23)12-25(35-24)22-14-31-26(29-22)36-27(30-31)33-3/h4-14H,15H2,1-3H3. The van der Waals surface area contributed by atoms with Gasteiger partial charge in [-0.3, -0.25) is 4.98 Å². The number of nitrogens with zero attached hydrogens (tertiary/aromatic N) is 4. The molecular weight excluding hydrogens is 476 g/mol. The lowest BCUT2D eigenvalue weighted by Crippen LogP contribution is -1.97. The molecule has 6 rings (SSSR count). The molecule has 4 aromatic heterocycles. The fourth-order valence-electron chi connectivity index (χ4n) is 3.97. The van der Waals surface area contributed by atoms with Gasteiger partial charge in [0.1, 0.15) is 29.4 Å². The van der Waals surface area contributed by atoms with Crippen molar-refractivity contribution in [3.05, 3.63) is 78.2 Å². The SMILES string of the molecule is COc1cc(OCc2cccc(-c3ccc(C)nc3)c2)c2cc(-c3cn4nc(OC)sc4n3)oc2c1. The van der Waals surface area contributed by atoms with E-state index in [1.165, 1.54) is 11.3 Å². The van der Waals surface area contributed by atoms with Crippen LogP contribution in [0.3, 0.4) is 0 Å². The van der Waals surface area contributed by atoms with Gasteiger partial charge in [0.05, 0.1) is 25.8 Å². The molecule has 8 nitrogen and oxygen atoms in total. The maximum Gasteiger partial charge on any atom is 0.294 e. The van der Waals surface area contributed by atoms with Crippen LogP contribution in [0.5, 0.6) is 16.7 Å². The molecule has 0 fully saturated rings. The molecule has 0 aliphatic heterocycles. The Labute approximate surface area is 210 Å². The molecule has 0 aliphatic rings. The van der Waals surface area contributed by atoms with Gasteiger partial charge in [-0.2, -0.15) is 0 Å². The number of aromatic nitrogens is 4. The van der Waals surface area contributed by atoms with Crippen LogP contribution in [-0.4, -0.2) is 33.8 Å². The summed E-state index contributed by atoms with van der Waals surface area (Å²) in [6, 6.07) is 18.0. The van der Waals surface area contributed by atoms with Crippen molar-refractivity contribution >= 4 is 27.3 Å². The molecule has 0 saturated heterocycles. The lowest BCUT2D eigenvalue weighted by Gasteiger charge is -2.10. The maximum atomic E-state index is 6.27. The Morgan fingerprint density at radius 1 is 1.00 bits per heavy atom. The molecule has 0 aliphatic carbocycles. The van der Waals surface area contributed by atoms with E-state index < -0.39 is 0 Å². The molecule has 0 amide bonds. The van der Waals surface area contributed by atoms with Gasteiger partial charge < -0.3 is 18.6 Å². The number of hydrogen-bond donors (Lipinski definition) is 0. The van der Waals surface area contributed by atoms with E-state index in [1.54, 1.807) is 18.7 Å². The van der Waals surface area contributed by atoms with E-state index in [-0.39, 0.29) is 0 Å². The zero-order chi connectivity index (χ0) is 24.6. The van der Waals surface area contributed by atoms with Crippen LogP contribution in [0.25, 0.3) is 38.5 Å². The molecule has 2 aromatic carbocycles. The van der Waals surface area contributed by atoms with Crippen LogP contribution < -0.4 is 14.2 Å². The summed E-state index contributed by atoms with van der Waals surface area (Å²) in [6.07, 6.45) is 3.70. The first-order valence-corrected chi connectivity index (χ1v) is 12.1. The van der Waals surface area contributed by atoms with Crippen LogP contribution in [0.2, 0.25) is 0 Å². The van der Waals surface area contributed by atoms with Gasteiger partial charge in [0, 0.05) is 29.6 Å². The topological polar surface area (TPSA) is 83.9 Å². The molecule has 180 valence electrons. The molecule has 0 atom stereocenters. The van der Waals surface area contributed by atoms with Crippen LogP contribution >= 0.6 is 11.3 Å². The smallest absolute Gasteiger partial charge is 0.294 e. The fraction of sp³-hybridized carbons (Fsp3) is 0.148. The highest BCUT2D eigenvalue weighted by Gasteiger charge is 2.17. The lowest BCUT2D eigenvalue weighted by molar-refractivity contribution is 0.307. The van der Waals surface area contributed by atoms with Crippen molar-refractivity contribution in [2.45, 2.75) is 13.5 Å². The summed E-state index contributed by atoms with van der Waals surface area (Å²) in [5, 5.41) is 5.72. The van der Waals surface area contributed by atoms with E-state index in [0.717, 1.165) is 32.7 Å². The number of ether oxygens (including phenoxy) is 3. The number of benzene rings is 2. The average Bonchev–Trinajstić information content (AvgIpc) is 3.60. The quantitative estimate of drug-likeness (QED) is 0.260. The second kappa shape index (κ2) is 9.01. The van der Waals surface area contributed by atoms with E-state index in [1.807, 2.05) is 55.7 Å². The lowest BCUT2D eigenvalue weighted by atomic mass is 10.0. The predicted octanol–water partition coefficient (Wildman–Crippen LogP) is 6.17. The summed E-state index contributed by atoms with van der Waals surface area (Å²) < 4.78 is 24.8. The molecule has 4 heterocycles. The minimum atomic E-state index is 0.389. The highest BCUT2D eigenvalue weighted by molar-refractivity contribution is 7.18. The molecule has 9 heteroatoms. The molecule has 6 aromatic rings. The summed E-state index contributed by atoms with van der Waals surface area (Å²) in [7, 11) is 3.21. The van der Waals surface area contributed by atoms with Crippen molar-refractivity contribution < 1.29 is 18.6 Å². The zero-order valence-electron chi connectivity index (χ0n) is 19.9. The van der Waals surface area contributed by atoms with E-state index in [4.69, 9.17) is 18.6 Å². The Bertz CT molecular complexity index is 1650. The van der Waals surface area contributed by atoms with Crippen LogP contribution in [0.15, 0.2) is 71.4 Å². The third-order valence-corrected chi connectivity index (χ3v) is 6.71. The van der Waals surface area contributed by atoms with Crippen LogP contribution in [0.4, 0.5) is 0 Å². The van der Waals surface area contributed by atoms with Crippen molar-refractivity contribution in [2.24, 2.45) is 0 Å². The number of rotatable bonds is 7. The Kier molecular flexibility index (Phi) is 5.54. The molecule has 0 N–H and O–H groups in total. The summed E-state index contributed by atoms with van der Waals surface area (Å²) in [6.45, 7) is 2.37. The second-order valence-electron chi connectivity index (χ2n) is 8.25. The number of furan rings is 1. The van der Waals surface area contributed by atoms with Crippen molar-refractivity contribution in [2.75, 3.05) is 14.2 Å². The van der Waals surface area contributed by atoms with E-state index in [0.29, 0.717) is 40.3 Å². The summed E-state index contributed by atoms with van der Waals surface area (Å²) >= 11 is 1.36. The molecule has 0 saturated carbocycles. The minimum absolute atomic E-state index is 0.389. The first-order chi connectivity index (χ1) is 17.6. The normalized spacial score (nSPS) is 11.3. The Morgan fingerprint density at radius 2 is 1.92 bits per heavy atom. The minimum Gasteiger partial charge on any atom is -0.496 e. The average molecular weight is 499 g/mol. The molecule has 36 heavy (non-hydrogen) atoms. The third kappa shape index (κ3) is 4.14. The summed E-state index contributed by atoms with van der Waals surface area (Å²) in [5.41, 5.74) is 5.53. The first-order valence-electron chi connectivity index (χ1n) is 11.3. The van der Waals surface area contributed by atoms with Gasteiger partial charge in [-0.25, -0.2) is 9.50 Å². The maximum absolute atomic E-state index is 6.27. The van der Waals surface area contributed by atoms with Crippen molar-refractivity contribution in [1.29, 1.82) is 0 Å². The first kappa shape index (κ1) is 22.1. The third-order valence-electron chi connectivity index (χ3n) is 5.83. The second-order valence-corrected chi connectivity index (χ2v) is 9.17. The number of methoxy groups -OCH3 is 2. The predicted molar refractivity (Wildman–Crippen MR) is 138 cm³/mol. The van der Waals surface area contributed by atoms with Crippen LogP contribution in [0.1, 0.15) is 11.3 Å². The number of aryl methyl sites for hydroxylation is 1. The molecule has 0 bridgehead atoms. The van der Waals surface area contributed by atoms with Gasteiger partial charge in [-0.15, -0.1) is 5.10 Å². The summed E-state index contributed by atoms with van der Waals surface area (Å²) in [5.74, 6) is 1.94. The number of fused-ring (bicyclic) bond motifs is 2. The van der Waals surface area contributed by atoms with Crippen molar-refractivity contribution in [3.8, 4) is 39.3 Å². The fourth-order valence-corrected chi connectivity index (χ4v) is 4.67. The number of pyridine rings is 1. The number of hydrogen-bond acceptors (Lipinski definition) is 8. The van der Waals surface area contributed by atoms with E-state index in [9.17, 15) is 0 Å². The van der Waals surface area contributed by atoms with E-state index in [2.05, 4.69) is 33.3 Å². The van der Waals surface area contributed by atoms with Crippen molar-refractivity contribution in [3.63, 3.8) is 0 Å². The van der Waals surface area contributed by atoms with Gasteiger partial charge in [0.15, 0.2) is 5.76 Å². The Morgan fingerprint density at radius 3 is 2.69 bits per heavy atom. The number of imidazole rings is 1. The van der Waals surface area contributed by atoms with Crippen molar-refractivity contribution in [1.82, 2.24) is 19.6 Å². The highest BCUT2D eigenvalue weighted by Crippen LogP contribution is 2.37. The largest absolute Gasteiger partial charge is 0.496 e. The van der Waals surface area contributed by atoms with Crippen LogP contribution in [-0.2, 0) is 6.61 Å². The van der Waals surface area contributed by atoms with E-state index >= 15 is 0 Å². The van der Waals surface area contributed by atoms with Crippen LogP contribution in [0, 0.1) is 6.92 Å².